The Morgan fingerprint density at radius 2 is 1.74 bits per heavy atom. The molecule has 4 heteroatoms. The third-order valence-electron chi connectivity index (χ3n) is 4.92. The van der Waals surface area contributed by atoms with Crippen LogP contribution in [0.1, 0.15) is 35.5 Å². The van der Waals surface area contributed by atoms with E-state index in [2.05, 4.69) is 66.4 Å². The van der Waals surface area contributed by atoms with Crippen molar-refractivity contribution in [2.45, 2.75) is 33.7 Å². The number of aryl methyl sites for hydroxylation is 3. The maximum Gasteiger partial charge on any atom is 0.134 e. The van der Waals surface area contributed by atoms with Crippen LogP contribution in [0.3, 0.4) is 0 Å². The summed E-state index contributed by atoms with van der Waals surface area (Å²) in [4.78, 5) is 9.22. The minimum atomic E-state index is 0.159. The van der Waals surface area contributed by atoms with Crippen LogP contribution in [0, 0.1) is 20.8 Å². The fraction of sp³-hybridized carbons (Fsp3) is 0.217. The Bertz CT molecular complexity index is 1110. The molecule has 136 valence electrons. The highest BCUT2D eigenvalue weighted by atomic mass is 16.3. The van der Waals surface area contributed by atoms with Crippen molar-refractivity contribution >= 4 is 16.8 Å². The zero-order valence-corrected chi connectivity index (χ0v) is 16.1. The largest absolute Gasteiger partial charge is 0.464 e. The van der Waals surface area contributed by atoms with Crippen molar-refractivity contribution in [2.24, 2.45) is 0 Å². The molecule has 0 fully saturated rings. The van der Waals surface area contributed by atoms with Crippen LogP contribution >= 0.6 is 0 Å². The highest BCUT2D eigenvalue weighted by Gasteiger charge is 2.12. The van der Waals surface area contributed by atoms with Crippen LogP contribution in [0.5, 0.6) is 0 Å². The number of hydrogen-bond acceptors (Lipinski definition) is 4. The molecule has 0 saturated heterocycles. The number of aromatic nitrogens is 2. The van der Waals surface area contributed by atoms with Gasteiger partial charge >= 0.3 is 0 Å². The second-order valence-corrected chi connectivity index (χ2v) is 7.04. The molecule has 0 aliphatic carbocycles. The standard InChI is InChI=1S/C23H23N3O/c1-14-7-5-6-8-19(14)16(3)24-23-12-21(25-17(4)26-23)18-9-10-22-20(11-18)15(2)13-27-22/h5-13,16H,1-4H3,(H,24,25,26). The van der Waals surface area contributed by atoms with E-state index >= 15 is 0 Å². The Morgan fingerprint density at radius 1 is 0.926 bits per heavy atom. The average Bonchev–Trinajstić information content (AvgIpc) is 3.02. The fourth-order valence-corrected chi connectivity index (χ4v) is 3.48. The molecular formula is C23H23N3O. The molecule has 1 N–H and O–H groups in total. The summed E-state index contributed by atoms with van der Waals surface area (Å²) in [7, 11) is 0. The first-order valence-electron chi connectivity index (χ1n) is 9.17. The summed E-state index contributed by atoms with van der Waals surface area (Å²) in [6, 6.07) is 16.8. The lowest BCUT2D eigenvalue weighted by Gasteiger charge is -2.18. The van der Waals surface area contributed by atoms with Gasteiger partial charge in [-0.05, 0) is 62.6 Å². The number of rotatable bonds is 4. The van der Waals surface area contributed by atoms with Gasteiger partial charge in [-0.3, -0.25) is 0 Å². The van der Waals surface area contributed by atoms with Gasteiger partial charge in [0.15, 0.2) is 0 Å². The third kappa shape index (κ3) is 3.43. The van der Waals surface area contributed by atoms with Gasteiger partial charge in [-0.25, -0.2) is 9.97 Å². The molecule has 27 heavy (non-hydrogen) atoms. The van der Waals surface area contributed by atoms with Crippen LogP contribution in [0.15, 0.2) is 59.2 Å². The van der Waals surface area contributed by atoms with Crippen molar-refractivity contribution in [3.63, 3.8) is 0 Å². The molecule has 0 aliphatic rings. The lowest BCUT2D eigenvalue weighted by Crippen LogP contribution is -2.10. The van der Waals surface area contributed by atoms with E-state index in [1.165, 1.54) is 11.1 Å². The van der Waals surface area contributed by atoms with Crippen molar-refractivity contribution in [1.82, 2.24) is 9.97 Å². The first-order chi connectivity index (χ1) is 13.0. The Kier molecular flexibility index (Phi) is 4.40. The second-order valence-electron chi connectivity index (χ2n) is 7.04. The molecule has 4 aromatic rings. The van der Waals surface area contributed by atoms with Gasteiger partial charge in [0.2, 0.25) is 0 Å². The minimum absolute atomic E-state index is 0.159. The fourth-order valence-electron chi connectivity index (χ4n) is 3.48. The number of nitrogens with zero attached hydrogens (tertiary/aromatic N) is 2. The minimum Gasteiger partial charge on any atom is -0.464 e. The number of anilines is 1. The summed E-state index contributed by atoms with van der Waals surface area (Å²) >= 11 is 0. The second kappa shape index (κ2) is 6.88. The van der Waals surface area contributed by atoms with E-state index in [0.29, 0.717) is 0 Å². The van der Waals surface area contributed by atoms with Gasteiger partial charge in [0.25, 0.3) is 0 Å². The Labute approximate surface area is 159 Å². The maximum absolute atomic E-state index is 5.55. The molecule has 0 bridgehead atoms. The normalized spacial score (nSPS) is 12.3. The summed E-state index contributed by atoms with van der Waals surface area (Å²) in [5.74, 6) is 1.58. The van der Waals surface area contributed by atoms with E-state index in [1.54, 1.807) is 6.26 Å². The van der Waals surface area contributed by atoms with Crippen LogP contribution in [-0.4, -0.2) is 9.97 Å². The van der Waals surface area contributed by atoms with Crippen molar-refractivity contribution in [3.05, 3.63) is 77.3 Å². The van der Waals surface area contributed by atoms with Crippen molar-refractivity contribution in [3.8, 4) is 11.3 Å². The number of nitrogens with one attached hydrogen (secondary N) is 1. The Morgan fingerprint density at radius 3 is 2.56 bits per heavy atom. The van der Waals surface area contributed by atoms with E-state index in [4.69, 9.17) is 4.42 Å². The summed E-state index contributed by atoms with van der Waals surface area (Å²) in [5, 5.41) is 4.64. The first kappa shape index (κ1) is 17.3. The quantitative estimate of drug-likeness (QED) is 0.487. The first-order valence-corrected chi connectivity index (χ1v) is 9.17. The molecule has 0 spiro atoms. The molecule has 2 heterocycles. The van der Waals surface area contributed by atoms with Gasteiger partial charge in [0.1, 0.15) is 17.2 Å². The summed E-state index contributed by atoms with van der Waals surface area (Å²) < 4.78 is 5.55. The van der Waals surface area contributed by atoms with E-state index in [-0.39, 0.29) is 6.04 Å². The Hall–Kier alpha value is -3.14. The molecule has 1 unspecified atom stereocenters. The van der Waals surface area contributed by atoms with Gasteiger partial charge in [-0.2, -0.15) is 0 Å². The van der Waals surface area contributed by atoms with Crippen molar-refractivity contribution < 1.29 is 4.42 Å². The van der Waals surface area contributed by atoms with Gasteiger partial charge < -0.3 is 9.73 Å². The third-order valence-corrected chi connectivity index (χ3v) is 4.92. The average molecular weight is 357 g/mol. The Balaban J connectivity index is 1.68. The monoisotopic (exact) mass is 357 g/mol. The predicted octanol–water partition coefficient (Wildman–Crippen LogP) is 5.99. The molecule has 0 aliphatic heterocycles. The SMILES string of the molecule is Cc1nc(NC(C)c2ccccc2C)cc(-c2ccc3occ(C)c3c2)n1. The lowest BCUT2D eigenvalue weighted by atomic mass is 10.0. The molecule has 0 amide bonds. The van der Waals surface area contributed by atoms with Crippen LogP contribution in [0.2, 0.25) is 0 Å². The van der Waals surface area contributed by atoms with Crippen LogP contribution in [0.25, 0.3) is 22.2 Å². The van der Waals surface area contributed by atoms with E-state index in [0.717, 1.165) is 39.4 Å². The van der Waals surface area contributed by atoms with Gasteiger partial charge in [0.05, 0.1) is 18.0 Å². The molecule has 4 rings (SSSR count). The zero-order chi connectivity index (χ0) is 19.0. The van der Waals surface area contributed by atoms with Crippen LogP contribution < -0.4 is 5.32 Å². The van der Waals surface area contributed by atoms with Crippen LogP contribution in [-0.2, 0) is 0 Å². The molecule has 0 saturated carbocycles. The van der Waals surface area contributed by atoms with E-state index in [9.17, 15) is 0 Å². The zero-order valence-electron chi connectivity index (χ0n) is 16.1. The molecule has 2 aromatic heterocycles. The number of fused-ring (bicyclic) bond motifs is 1. The molecule has 1 atom stereocenters. The number of hydrogen-bond donors (Lipinski definition) is 1. The summed E-state index contributed by atoms with van der Waals surface area (Å²) in [5.41, 5.74) is 6.53. The summed E-state index contributed by atoms with van der Waals surface area (Å²) in [6.07, 6.45) is 1.79. The number of benzene rings is 2. The predicted molar refractivity (Wildman–Crippen MR) is 110 cm³/mol. The van der Waals surface area contributed by atoms with E-state index in [1.807, 2.05) is 25.1 Å². The van der Waals surface area contributed by atoms with Gasteiger partial charge in [0, 0.05) is 17.0 Å². The smallest absolute Gasteiger partial charge is 0.134 e. The highest BCUT2D eigenvalue weighted by Crippen LogP contribution is 2.28. The highest BCUT2D eigenvalue weighted by molar-refractivity contribution is 5.85. The van der Waals surface area contributed by atoms with Crippen molar-refractivity contribution in [1.29, 1.82) is 0 Å². The van der Waals surface area contributed by atoms with Gasteiger partial charge in [-0.15, -0.1) is 0 Å². The van der Waals surface area contributed by atoms with E-state index < -0.39 is 0 Å². The molecule has 2 aromatic carbocycles. The number of furan rings is 1. The summed E-state index contributed by atoms with van der Waals surface area (Å²) in [6.45, 7) is 8.26. The maximum atomic E-state index is 5.55. The van der Waals surface area contributed by atoms with Gasteiger partial charge in [-0.1, -0.05) is 24.3 Å². The topological polar surface area (TPSA) is 51.0 Å². The van der Waals surface area contributed by atoms with Crippen molar-refractivity contribution in [2.75, 3.05) is 5.32 Å². The van der Waals surface area contributed by atoms with Crippen LogP contribution in [0.4, 0.5) is 5.82 Å². The molecule has 4 nitrogen and oxygen atoms in total. The molecule has 0 radical (unpaired) electrons. The molecular weight excluding hydrogens is 334 g/mol. The lowest BCUT2D eigenvalue weighted by molar-refractivity contribution is 0.613.